The molecule has 0 amide bonds. The third kappa shape index (κ3) is 69.5. The predicted octanol–water partition coefficient (Wildman–Crippen LogP) is 25.2. The summed E-state index contributed by atoms with van der Waals surface area (Å²) in [5.74, 6) is -0.858. The van der Waals surface area contributed by atoms with Crippen LogP contribution in [0.4, 0.5) is 0 Å². The van der Waals surface area contributed by atoms with Gasteiger partial charge in [0.1, 0.15) is 13.2 Å². The van der Waals surface area contributed by atoms with Crippen molar-refractivity contribution >= 4 is 17.9 Å². The number of rotatable bonds is 67. The van der Waals surface area contributed by atoms with Gasteiger partial charge in [0.05, 0.1) is 0 Å². The molecule has 0 rings (SSSR count). The Morgan fingerprint density at radius 3 is 0.771 bits per heavy atom. The lowest BCUT2D eigenvalue weighted by Gasteiger charge is -2.18. The molecule has 0 aliphatic rings. The molecular weight excluding hydrogens is 1020 g/mol. The van der Waals surface area contributed by atoms with E-state index in [1.165, 1.54) is 244 Å². The first-order valence-corrected chi connectivity index (χ1v) is 36.4. The van der Waals surface area contributed by atoms with E-state index in [1.807, 2.05) is 0 Å². The molecule has 0 aliphatic heterocycles. The summed E-state index contributed by atoms with van der Waals surface area (Å²) in [7, 11) is 0. The number of carbonyl (C=O) groups is 3. The molecule has 0 aromatic heterocycles. The summed E-state index contributed by atoms with van der Waals surface area (Å²) >= 11 is 0. The average molecular weight is 1160 g/mol. The molecule has 0 bridgehead atoms. The molecule has 1 unspecified atom stereocenters. The van der Waals surface area contributed by atoms with Gasteiger partial charge < -0.3 is 14.2 Å². The number of unbranched alkanes of at least 4 members (excludes halogenated alkanes) is 44. The lowest BCUT2D eigenvalue weighted by molar-refractivity contribution is -0.167. The van der Waals surface area contributed by atoms with E-state index in [4.69, 9.17) is 14.2 Å². The Morgan fingerprint density at radius 2 is 0.470 bits per heavy atom. The quantitative estimate of drug-likeness (QED) is 0.0261. The van der Waals surface area contributed by atoms with Crippen molar-refractivity contribution < 1.29 is 28.6 Å². The molecule has 0 N–H and O–H groups in total. The number of carbonyl (C=O) groups excluding carboxylic acids is 3. The normalized spacial score (nSPS) is 12.5. The van der Waals surface area contributed by atoms with E-state index in [9.17, 15) is 14.4 Å². The second-order valence-electron chi connectivity index (χ2n) is 24.5. The van der Waals surface area contributed by atoms with E-state index < -0.39 is 6.10 Å². The minimum Gasteiger partial charge on any atom is -0.462 e. The molecule has 1 atom stereocenters. The summed E-state index contributed by atoms with van der Waals surface area (Å²) in [5.41, 5.74) is 0. The molecule has 0 aromatic carbocycles. The van der Waals surface area contributed by atoms with Crippen molar-refractivity contribution in [2.45, 2.75) is 386 Å². The number of hydrogen-bond donors (Lipinski definition) is 0. The topological polar surface area (TPSA) is 78.9 Å². The minimum atomic E-state index is -0.777. The molecule has 6 nitrogen and oxygen atoms in total. The van der Waals surface area contributed by atoms with Crippen LogP contribution in [0.5, 0.6) is 0 Å². The van der Waals surface area contributed by atoms with Crippen LogP contribution in [-0.2, 0) is 28.6 Å². The maximum absolute atomic E-state index is 13.0. The fourth-order valence-corrected chi connectivity index (χ4v) is 10.8. The van der Waals surface area contributed by atoms with Gasteiger partial charge in [-0.05, 0) is 89.9 Å². The molecule has 83 heavy (non-hydrogen) atoms. The van der Waals surface area contributed by atoms with Gasteiger partial charge in [-0.1, -0.05) is 344 Å². The van der Waals surface area contributed by atoms with E-state index in [0.29, 0.717) is 19.3 Å². The lowest BCUT2D eigenvalue weighted by Crippen LogP contribution is -2.30. The fourth-order valence-electron chi connectivity index (χ4n) is 10.8. The Labute approximate surface area is 516 Å². The first-order valence-electron chi connectivity index (χ1n) is 36.4. The first-order chi connectivity index (χ1) is 41.0. The van der Waals surface area contributed by atoms with Crippen molar-refractivity contribution in [3.63, 3.8) is 0 Å². The zero-order valence-corrected chi connectivity index (χ0v) is 55.5. The van der Waals surface area contributed by atoms with Crippen LogP contribution in [0.1, 0.15) is 380 Å². The summed E-state index contributed by atoms with van der Waals surface area (Å²) in [6.45, 7) is 6.56. The van der Waals surface area contributed by atoms with Gasteiger partial charge in [-0.3, -0.25) is 14.4 Å². The zero-order chi connectivity index (χ0) is 59.9. The van der Waals surface area contributed by atoms with Crippen LogP contribution in [0.15, 0.2) is 72.9 Å². The van der Waals surface area contributed by atoms with Crippen molar-refractivity contribution in [3.05, 3.63) is 72.9 Å². The van der Waals surface area contributed by atoms with Crippen LogP contribution in [0.3, 0.4) is 0 Å². The Kier molecular flexibility index (Phi) is 68.6. The number of esters is 3. The highest BCUT2D eigenvalue weighted by molar-refractivity contribution is 5.71. The number of hydrogen-bond acceptors (Lipinski definition) is 6. The summed E-state index contributed by atoms with van der Waals surface area (Å²) in [5, 5.41) is 0. The molecule has 0 spiro atoms. The van der Waals surface area contributed by atoms with E-state index >= 15 is 0 Å². The van der Waals surface area contributed by atoms with Crippen LogP contribution in [0, 0.1) is 0 Å². The van der Waals surface area contributed by atoms with E-state index in [2.05, 4.69) is 93.7 Å². The van der Waals surface area contributed by atoms with Gasteiger partial charge in [0.15, 0.2) is 6.10 Å². The van der Waals surface area contributed by atoms with Gasteiger partial charge in [0.2, 0.25) is 0 Å². The fraction of sp³-hybridized carbons (Fsp3) is 0.805. The van der Waals surface area contributed by atoms with Crippen molar-refractivity contribution in [3.8, 4) is 0 Å². The van der Waals surface area contributed by atoms with Crippen molar-refractivity contribution in [2.24, 2.45) is 0 Å². The van der Waals surface area contributed by atoms with Gasteiger partial charge in [-0.2, -0.15) is 0 Å². The van der Waals surface area contributed by atoms with Crippen molar-refractivity contribution in [1.29, 1.82) is 0 Å². The molecule has 0 saturated carbocycles. The molecule has 0 saturated heterocycles. The lowest BCUT2D eigenvalue weighted by atomic mass is 10.0. The minimum absolute atomic E-state index is 0.0727. The molecule has 482 valence electrons. The summed E-state index contributed by atoms with van der Waals surface area (Å²) in [4.78, 5) is 38.4. The summed E-state index contributed by atoms with van der Waals surface area (Å²) in [6.07, 6.45) is 93.7. The summed E-state index contributed by atoms with van der Waals surface area (Å²) < 4.78 is 17.0. The van der Waals surface area contributed by atoms with Crippen molar-refractivity contribution in [2.75, 3.05) is 13.2 Å². The molecule has 0 radical (unpaired) electrons. The number of ether oxygens (including phenoxy) is 3. The molecule has 0 aromatic rings. The smallest absolute Gasteiger partial charge is 0.306 e. The molecule has 0 aliphatic carbocycles. The maximum atomic E-state index is 13.0. The SMILES string of the molecule is CC/C=C\C/C=C\C/C=C\C/C=C\C/C=C\CCCCCCCCCCCCCCCCCC(=O)OCC(COC(=O)CCCCCCC/C=C\CCCCC)OC(=O)CCCCCCCCCCCCCCCCCCCCCCCC. The van der Waals surface area contributed by atoms with Crippen LogP contribution >= 0.6 is 0 Å². The average Bonchev–Trinajstić information content (AvgIpc) is 3.49. The maximum Gasteiger partial charge on any atom is 0.306 e. The Morgan fingerprint density at radius 1 is 0.253 bits per heavy atom. The van der Waals surface area contributed by atoms with Gasteiger partial charge in [0.25, 0.3) is 0 Å². The monoisotopic (exact) mass is 1160 g/mol. The largest absolute Gasteiger partial charge is 0.462 e. The van der Waals surface area contributed by atoms with Gasteiger partial charge in [-0.25, -0.2) is 0 Å². The van der Waals surface area contributed by atoms with Crippen LogP contribution in [0.2, 0.25) is 0 Å². The second kappa shape index (κ2) is 71.3. The molecule has 0 fully saturated rings. The highest BCUT2D eigenvalue weighted by Crippen LogP contribution is 2.18. The van der Waals surface area contributed by atoms with Crippen LogP contribution < -0.4 is 0 Å². The van der Waals surface area contributed by atoms with E-state index in [1.54, 1.807) is 0 Å². The van der Waals surface area contributed by atoms with Crippen LogP contribution in [-0.4, -0.2) is 37.2 Å². The first kappa shape index (κ1) is 79.8. The standard InChI is InChI=1S/C77H138O6/c1-4-7-10-13-16-19-22-25-27-29-31-33-35-36-37-38-39-40-41-42-43-45-46-48-50-52-55-58-61-64-67-70-76(79)82-73-74(72-81-75(78)69-66-63-60-57-54-24-21-18-15-12-9-6-3)83-77(80)71-68-65-62-59-56-53-51-49-47-44-34-32-30-28-26-23-20-17-14-11-8-5-2/h7,10,16,18-19,21,25,27,31,33,36-37,74H,4-6,8-9,11-15,17,20,22-24,26,28-30,32,34-35,38-73H2,1-3H3/b10-7-,19-16-,21-18-,27-25-,33-31-,37-36-. The van der Waals surface area contributed by atoms with Crippen molar-refractivity contribution in [1.82, 2.24) is 0 Å². The third-order valence-electron chi connectivity index (χ3n) is 16.2. The number of allylic oxidation sites excluding steroid dienone is 12. The summed E-state index contributed by atoms with van der Waals surface area (Å²) in [6, 6.07) is 0. The highest BCUT2D eigenvalue weighted by Gasteiger charge is 2.19. The van der Waals surface area contributed by atoms with E-state index in [-0.39, 0.29) is 31.1 Å². The van der Waals surface area contributed by atoms with Gasteiger partial charge >= 0.3 is 17.9 Å². The Hall–Kier alpha value is -3.15. The highest BCUT2D eigenvalue weighted by atomic mass is 16.6. The molecule has 0 heterocycles. The third-order valence-corrected chi connectivity index (χ3v) is 16.2. The zero-order valence-electron chi connectivity index (χ0n) is 55.5. The molecule has 6 heteroatoms. The van der Waals surface area contributed by atoms with Gasteiger partial charge in [-0.15, -0.1) is 0 Å². The van der Waals surface area contributed by atoms with Gasteiger partial charge in [0, 0.05) is 19.3 Å². The second-order valence-corrected chi connectivity index (χ2v) is 24.5. The molecular formula is C77H138O6. The van der Waals surface area contributed by atoms with E-state index in [0.717, 1.165) is 96.3 Å². The van der Waals surface area contributed by atoms with Crippen LogP contribution in [0.25, 0.3) is 0 Å². The Balaban J connectivity index is 4.18. The Bertz CT molecular complexity index is 1520. The predicted molar refractivity (Wildman–Crippen MR) is 362 cm³/mol.